The zero-order valence-electron chi connectivity index (χ0n) is 14.1. The largest absolute Gasteiger partial charge is 0.423 e. The van der Waals surface area contributed by atoms with E-state index in [1.54, 1.807) is 13.2 Å². The Bertz CT molecular complexity index is 703. The first-order chi connectivity index (χ1) is 10.4. The maximum absolute atomic E-state index is 11.8. The van der Waals surface area contributed by atoms with Crippen LogP contribution in [0.4, 0.5) is 0 Å². The van der Waals surface area contributed by atoms with Crippen molar-refractivity contribution in [2.24, 2.45) is 0 Å². The van der Waals surface area contributed by atoms with E-state index < -0.39 is 0 Å². The van der Waals surface area contributed by atoms with E-state index in [2.05, 4.69) is 39.1 Å². The molecule has 2 rings (SSSR count). The number of hydrogen-bond acceptors (Lipinski definition) is 3. The van der Waals surface area contributed by atoms with Crippen LogP contribution >= 0.6 is 0 Å². The molecule has 1 aromatic carbocycles. The van der Waals surface area contributed by atoms with Crippen molar-refractivity contribution >= 4 is 11.0 Å². The summed E-state index contributed by atoms with van der Waals surface area (Å²) in [4.78, 5) is 11.8. The second kappa shape index (κ2) is 7.07. The number of aryl methyl sites for hydroxylation is 1. The Morgan fingerprint density at radius 2 is 1.95 bits per heavy atom. The molecule has 1 aromatic heterocycles. The van der Waals surface area contributed by atoms with Crippen LogP contribution in [0.25, 0.3) is 11.0 Å². The van der Waals surface area contributed by atoms with Gasteiger partial charge in [-0.25, -0.2) is 4.79 Å². The van der Waals surface area contributed by atoms with Gasteiger partial charge >= 0.3 is 5.63 Å². The molecule has 0 aliphatic carbocycles. The van der Waals surface area contributed by atoms with Crippen molar-refractivity contribution in [2.75, 3.05) is 13.7 Å². The van der Waals surface area contributed by atoms with Crippen molar-refractivity contribution in [1.29, 1.82) is 0 Å². The standard InChI is InChI=1S/C18H25NO3/c1-11(2)15-8-16-14(9-19-13(4)10-21-5)7-18(20)22-17(16)6-12(15)3/h6-8,11,13,19H,9-10H2,1-5H3/p+1/t13-/m1/s1. The van der Waals surface area contributed by atoms with E-state index in [1.165, 1.54) is 11.1 Å². The number of benzene rings is 1. The van der Waals surface area contributed by atoms with Gasteiger partial charge in [-0.05, 0) is 43.0 Å². The smallest absolute Gasteiger partial charge is 0.336 e. The van der Waals surface area contributed by atoms with Crippen molar-refractivity contribution in [1.82, 2.24) is 0 Å². The number of quaternary nitrogens is 1. The van der Waals surface area contributed by atoms with Crippen molar-refractivity contribution in [3.63, 3.8) is 0 Å². The van der Waals surface area contributed by atoms with Gasteiger partial charge in [-0.3, -0.25) is 0 Å². The van der Waals surface area contributed by atoms with Gasteiger partial charge in [-0.15, -0.1) is 0 Å². The average Bonchev–Trinajstić information content (AvgIpc) is 2.43. The highest BCUT2D eigenvalue weighted by Crippen LogP contribution is 2.26. The van der Waals surface area contributed by atoms with E-state index in [1.807, 2.05) is 6.07 Å². The van der Waals surface area contributed by atoms with Gasteiger partial charge in [-0.1, -0.05) is 13.8 Å². The minimum absolute atomic E-state index is 0.285. The Kier molecular flexibility index (Phi) is 5.37. The maximum Gasteiger partial charge on any atom is 0.336 e. The maximum atomic E-state index is 11.8. The van der Waals surface area contributed by atoms with Crippen molar-refractivity contribution < 1.29 is 14.5 Å². The fourth-order valence-electron chi connectivity index (χ4n) is 2.84. The van der Waals surface area contributed by atoms with Gasteiger partial charge in [0.15, 0.2) is 0 Å². The number of hydrogen-bond donors (Lipinski definition) is 1. The third kappa shape index (κ3) is 3.76. The normalized spacial score (nSPS) is 13.0. The molecule has 22 heavy (non-hydrogen) atoms. The summed E-state index contributed by atoms with van der Waals surface area (Å²) in [6, 6.07) is 6.11. The van der Waals surface area contributed by atoms with Crippen LogP contribution in [0.5, 0.6) is 0 Å². The SMILES string of the molecule is COC[C@@H](C)[NH2+]Cc1cc(=O)oc2cc(C)c(C(C)C)cc12. The van der Waals surface area contributed by atoms with Crippen LogP contribution in [0.15, 0.2) is 27.4 Å². The Balaban J connectivity index is 2.43. The van der Waals surface area contributed by atoms with Gasteiger partial charge in [0.05, 0.1) is 6.61 Å². The molecule has 1 atom stereocenters. The van der Waals surface area contributed by atoms with Gasteiger partial charge in [0, 0.05) is 24.1 Å². The molecule has 2 N–H and O–H groups in total. The van der Waals surface area contributed by atoms with Crippen LogP contribution in [0.3, 0.4) is 0 Å². The number of methoxy groups -OCH3 is 1. The molecule has 0 saturated carbocycles. The molecule has 0 bridgehead atoms. The summed E-state index contributed by atoms with van der Waals surface area (Å²) in [5.74, 6) is 0.445. The fourth-order valence-corrected chi connectivity index (χ4v) is 2.84. The summed E-state index contributed by atoms with van der Waals surface area (Å²) < 4.78 is 10.5. The quantitative estimate of drug-likeness (QED) is 0.833. The molecule has 0 fully saturated rings. The molecule has 0 spiro atoms. The number of ether oxygens (including phenoxy) is 1. The second-order valence-electron chi connectivity index (χ2n) is 6.32. The summed E-state index contributed by atoms with van der Waals surface area (Å²) >= 11 is 0. The Morgan fingerprint density at radius 3 is 2.59 bits per heavy atom. The third-order valence-corrected chi connectivity index (χ3v) is 4.01. The van der Waals surface area contributed by atoms with Crippen LogP contribution in [-0.4, -0.2) is 19.8 Å². The Hall–Kier alpha value is -1.65. The third-order valence-electron chi connectivity index (χ3n) is 4.01. The first-order valence-electron chi connectivity index (χ1n) is 7.82. The summed E-state index contributed by atoms with van der Waals surface area (Å²) in [6.45, 7) is 9.97. The number of fused-ring (bicyclic) bond motifs is 1. The van der Waals surface area contributed by atoms with E-state index in [0.717, 1.165) is 17.5 Å². The molecular weight excluding hydrogens is 278 g/mol. The predicted molar refractivity (Wildman–Crippen MR) is 88.3 cm³/mol. The van der Waals surface area contributed by atoms with Crippen LogP contribution in [0.1, 0.15) is 43.4 Å². The lowest BCUT2D eigenvalue weighted by atomic mass is 9.95. The summed E-state index contributed by atoms with van der Waals surface area (Å²) in [6.07, 6.45) is 0. The topological polar surface area (TPSA) is 56.0 Å². The molecular formula is C18H26NO3+. The van der Waals surface area contributed by atoms with E-state index in [-0.39, 0.29) is 5.63 Å². The van der Waals surface area contributed by atoms with Crippen LogP contribution in [0, 0.1) is 6.92 Å². The molecule has 0 aliphatic heterocycles. The molecule has 2 aromatic rings. The lowest BCUT2D eigenvalue weighted by Gasteiger charge is -2.14. The monoisotopic (exact) mass is 304 g/mol. The lowest BCUT2D eigenvalue weighted by Crippen LogP contribution is -2.88. The van der Waals surface area contributed by atoms with Gasteiger partial charge in [0.25, 0.3) is 0 Å². The highest BCUT2D eigenvalue weighted by atomic mass is 16.5. The lowest BCUT2D eigenvalue weighted by molar-refractivity contribution is -0.702. The van der Waals surface area contributed by atoms with Crippen LogP contribution in [0.2, 0.25) is 0 Å². The van der Waals surface area contributed by atoms with Crippen molar-refractivity contribution in [3.8, 4) is 0 Å². The Labute approximate surface area is 131 Å². The highest BCUT2D eigenvalue weighted by molar-refractivity contribution is 5.82. The van der Waals surface area contributed by atoms with Gasteiger partial charge in [0.1, 0.15) is 18.2 Å². The predicted octanol–water partition coefficient (Wildman–Crippen LogP) is 2.32. The molecule has 0 amide bonds. The fraction of sp³-hybridized carbons (Fsp3) is 0.500. The van der Waals surface area contributed by atoms with Gasteiger partial charge < -0.3 is 14.5 Å². The molecule has 0 saturated heterocycles. The minimum Gasteiger partial charge on any atom is -0.423 e. The van der Waals surface area contributed by atoms with E-state index >= 15 is 0 Å². The average molecular weight is 304 g/mol. The molecule has 4 nitrogen and oxygen atoms in total. The van der Waals surface area contributed by atoms with Crippen LogP contribution in [-0.2, 0) is 11.3 Å². The first-order valence-corrected chi connectivity index (χ1v) is 7.82. The molecule has 1 heterocycles. The molecule has 120 valence electrons. The molecule has 0 unspecified atom stereocenters. The first kappa shape index (κ1) is 16.7. The summed E-state index contributed by atoms with van der Waals surface area (Å²) in [7, 11) is 1.70. The summed E-state index contributed by atoms with van der Waals surface area (Å²) in [5, 5.41) is 3.22. The van der Waals surface area contributed by atoms with E-state index in [9.17, 15) is 4.79 Å². The molecule has 0 radical (unpaired) electrons. The Morgan fingerprint density at radius 1 is 1.23 bits per heavy atom. The highest BCUT2D eigenvalue weighted by Gasteiger charge is 2.13. The number of nitrogens with two attached hydrogens (primary N) is 1. The zero-order chi connectivity index (χ0) is 16.3. The van der Waals surface area contributed by atoms with Crippen LogP contribution < -0.4 is 10.9 Å². The summed E-state index contributed by atoms with van der Waals surface area (Å²) in [5.41, 5.74) is 3.88. The zero-order valence-corrected chi connectivity index (χ0v) is 14.1. The number of rotatable bonds is 6. The molecule has 0 aliphatic rings. The van der Waals surface area contributed by atoms with Gasteiger partial charge in [-0.2, -0.15) is 0 Å². The van der Waals surface area contributed by atoms with E-state index in [4.69, 9.17) is 9.15 Å². The minimum atomic E-state index is -0.285. The van der Waals surface area contributed by atoms with Gasteiger partial charge in [0.2, 0.25) is 0 Å². The van der Waals surface area contributed by atoms with Crippen molar-refractivity contribution in [3.05, 3.63) is 45.3 Å². The molecule has 4 heteroatoms. The van der Waals surface area contributed by atoms with Crippen molar-refractivity contribution in [2.45, 2.75) is 46.2 Å². The van der Waals surface area contributed by atoms with E-state index in [0.29, 0.717) is 24.1 Å². The second-order valence-corrected chi connectivity index (χ2v) is 6.32.